The highest BCUT2D eigenvalue weighted by Gasteiger charge is 2.00. The number of hydrogen-bond donors (Lipinski definition) is 0. The summed E-state index contributed by atoms with van der Waals surface area (Å²) >= 11 is 1.60. The van der Waals surface area contributed by atoms with Crippen LogP contribution in [0, 0.1) is 13.8 Å². The topological polar surface area (TPSA) is 25.2 Å². The number of nitrogens with zero attached hydrogens (tertiary/aromatic N) is 2. The van der Waals surface area contributed by atoms with Crippen LogP contribution >= 0.6 is 11.3 Å². The smallest absolute Gasteiger partial charge is 0.138 e. The zero-order valence-electron chi connectivity index (χ0n) is 8.66. The van der Waals surface area contributed by atoms with Crippen LogP contribution in [0.1, 0.15) is 24.5 Å². The first kappa shape index (κ1) is 12.0. The van der Waals surface area contributed by atoms with Gasteiger partial charge in [0.2, 0.25) is 0 Å². The minimum Gasteiger partial charge on any atom is -0.245 e. The molecule has 1 rings (SSSR count). The predicted octanol–water partition coefficient (Wildman–Crippen LogP) is 3.67. The fraction of sp³-hybridized carbons (Fsp3) is 0.400. The van der Waals surface area contributed by atoms with Crippen LogP contribution in [0.25, 0.3) is 0 Å². The first-order chi connectivity index (χ1) is 6.24. The summed E-state index contributed by atoms with van der Waals surface area (Å²) in [5.41, 5.74) is 0.991. The van der Waals surface area contributed by atoms with Crippen LogP contribution in [0.2, 0.25) is 0 Å². The third-order valence-electron chi connectivity index (χ3n) is 1.18. The number of aliphatic imine (C=N–C) groups is 1. The van der Waals surface area contributed by atoms with Crippen molar-refractivity contribution in [2.24, 2.45) is 4.99 Å². The van der Waals surface area contributed by atoms with Crippen molar-refractivity contribution in [3.63, 3.8) is 0 Å². The largest absolute Gasteiger partial charge is 0.245 e. The maximum Gasteiger partial charge on any atom is 0.138 e. The van der Waals surface area contributed by atoms with Gasteiger partial charge < -0.3 is 0 Å². The zero-order valence-corrected chi connectivity index (χ0v) is 9.48. The highest BCUT2D eigenvalue weighted by atomic mass is 32.1. The van der Waals surface area contributed by atoms with Crippen molar-refractivity contribution in [1.82, 2.24) is 4.98 Å². The van der Waals surface area contributed by atoms with Gasteiger partial charge in [-0.05, 0) is 13.8 Å². The monoisotopic (exact) mass is 196 g/mol. The second-order valence-electron chi connectivity index (χ2n) is 2.14. The van der Waals surface area contributed by atoms with Crippen LogP contribution in [0.3, 0.4) is 0 Å². The van der Waals surface area contributed by atoms with Crippen molar-refractivity contribution in [2.75, 3.05) is 0 Å². The average Bonchev–Trinajstić information content (AvgIpc) is 2.45. The number of aromatic nitrogens is 1. The van der Waals surface area contributed by atoms with E-state index in [1.807, 2.05) is 27.7 Å². The van der Waals surface area contributed by atoms with Gasteiger partial charge in [0, 0.05) is 6.21 Å². The zero-order chi connectivity index (χ0) is 10.3. The second-order valence-corrected chi connectivity index (χ2v) is 3.32. The predicted molar refractivity (Wildman–Crippen MR) is 61.3 cm³/mol. The van der Waals surface area contributed by atoms with Crippen molar-refractivity contribution < 1.29 is 0 Å². The van der Waals surface area contributed by atoms with Crippen molar-refractivity contribution in [2.45, 2.75) is 27.7 Å². The molecule has 0 atom stereocenters. The van der Waals surface area contributed by atoms with Gasteiger partial charge >= 0.3 is 0 Å². The molecule has 2 nitrogen and oxygen atoms in total. The Morgan fingerprint density at radius 2 is 2.00 bits per heavy atom. The van der Waals surface area contributed by atoms with Gasteiger partial charge in [-0.3, -0.25) is 0 Å². The Morgan fingerprint density at radius 3 is 2.38 bits per heavy atom. The minimum absolute atomic E-state index is 0.974. The quantitative estimate of drug-likeness (QED) is 0.662. The van der Waals surface area contributed by atoms with Gasteiger partial charge in [-0.1, -0.05) is 37.8 Å². The molecule has 0 aromatic carbocycles. The van der Waals surface area contributed by atoms with Crippen LogP contribution < -0.4 is 0 Å². The summed E-state index contributed by atoms with van der Waals surface area (Å²) in [6.45, 7) is 11.5. The number of thiazole rings is 1. The normalized spacial score (nSPS) is 9.54. The van der Waals surface area contributed by atoms with Crippen LogP contribution in [-0.2, 0) is 0 Å². The Labute approximate surface area is 84.1 Å². The molecule has 1 heterocycles. The third-order valence-corrected chi connectivity index (χ3v) is 2.16. The molecule has 0 spiro atoms. The van der Waals surface area contributed by atoms with Gasteiger partial charge in [0.05, 0.1) is 10.7 Å². The Kier molecular flexibility index (Phi) is 6.06. The van der Waals surface area contributed by atoms with E-state index in [0.29, 0.717) is 0 Å². The molecular formula is C10H16N2S. The van der Waals surface area contributed by atoms with Crippen LogP contribution in [0.5, 0.6) is 0 Å². The molecule has 0 radical (unpaired) electrons. The van der Waals surface area contributed by atoms with Crippen molar-refractivity contribution in [3.8, 4) is 0 Å². The number of aryl methyl sites for hydroxylation is 2. The van der Waals surface area contributed by atoms with Gasteiger partial charge in [-0.2, -0.15) is 0 Å². The molecule has 1 aromatic heterocycles. The first-order valence-electron chi connectivity index (χ1n) is 4.33. The SMILES string of the molecule is C=C/C=N\c1sc(C)nc1C.CC. The van der Waals surface area contributed by atoms with E-state index >= 15 is 0 Å². The summed E-state index contributed by atoms with van der Waals surface area (Å²) in [5, 5.41) is 2.03. The molecule has 0 unspecified atom stereocenters. The maximum atomic E-state index is 4.23. The maximum absolute atomic E-state index is 4.23. The van der Waals surface area contributed by atoms with E-state index in [9.17, 15) is 0 Å². The van der Waals surface area contributed by atoms with Crippen molar-refractivity contribution in [3.05, 3.63) is 23.4 Å². The lowest BCUT2D eigenvalue weighted by Crippen LogP contribution is -1.70. The van der Waals surface area contributed by atoms with E-state index in [-0.39, 0.29) is 0 Å². The average molecular weight is 196 g/mol. The number of rotatable bonds is 2. The van der Waals surface area contributed by atoms with Gasteiger partial charge in [0.1, 0.15) is 5.00 Å². The summed E-state index contributed by atoms with van der Waals surface area (Å²) in [6, 6.07) is 0. The van der Waals surface area contributed by atoms with E-state index in [4.69, 9.17) is 0 Å². The number of hydrogen-bond acceptors (Lipinski definition) is 3. The number of allylic oxidation sites excluding steroid dienone is 1. The Bertz CT molecular complexity index is 287. The molecule has 0 fully saturated rings. The second kappa shape index (κ2) is 6.54. The van der Waals surface area contributed by atoms with E-state index in [1.165, 1.54) is 0 Å². The molecule has 0 aliphatic heterocycles. The lowest BCUT2D eigenvalue weighted by molar-refractivity contribution is 1.20. The van der Waals surface area contributed by atoms with E-state index in [0.717, 1.165) is 15.7 Å². The van der Waals surface area contributed by atoms with Crippen LogP contribution in [0.15, 0.2) is 17.6 Å². The molecule has 0 bridgehead atoms. The molecule has 0 N–H and O–H groups in total. The van der Waals surface area contributed by atoms with Gasteiger partial charge in [-0.25, -0.2) is 9.98 Å². The molecular weight excluding hydrogens is 180 g/mol. The molecule has 0 aliphatic carbocycles. The molecule has 72 valence electrons. The van der Waals surface area contributed by atoms with Gasteiger partial charge in [0.25, 0.3) is 0 Å². The fourth-order valence-corrected chi connectivity index (χ4v) is 1.53. The Hall–Kier alpha value is -0.960. The van der Waals surface area contributed by atoms with Gasteiger partial charge in [0.15, 0.2) is 0 Å². The summed E-state index contributed by atoms with van der Waals surface area (Å²) in [5.74, 6) is 0. The lowest BCUT2D eigenvalue weighted by atomic mass is 10.5. The van der Waals surface area contributed by atoms with Crippen LogP contribution in [-0.4, -0.2) is 11.2 Å². The highest BCUT2D eigenvalue weighted by molar-refractivity contribution is 7.15. The summed E-state index contributed by atoms with van der Waals surface area (Å²) in [7, 11) is 0. The lowest BCUT2D eigenvalue weighted by Gasteiger charge is -1.83. The molecule has 1 aromatic rings. The standard InChI is InChI=1S/C8H10N2S.C2H6/c1-4-5-9-8-6(2)10-7(3)11-8;1-2/h4-5H,1H2,2-3H3;1-2H3/b9-5-;. The molecule has 0 amide bonds. The molecule has 0 aliphatic rings. The van der Waals surface area contributed by atoms with Gasteiger partial charge in [-0.15, -0.1) is 0 Å². The summed E-state index contributed by atoms with van der Waals surface area (Å²) < 4.78 is 0. The van der Waals surface area contributed by atoms with Crippen LogP contribution in [0.4, 0.5) is 5.00 Å². The summed E-state index contributed by atoms with van der Waals surface area (Å²) in [4.78, 5) is 8.39. The molecule has 0 saturated heterocycles. The fourth-order valence-electron chi connectivity index (χ4n) is 0.761. The van der Waals surface area contributed by atoms with E-state index in [2.05, 4.69) is 16.6 Å². The van der Waals surface area contributed by atoms with Crippen molar-refractivity contribution in [1.29, 1.82) is 0 Å². The third kappa shape index (κ3) is 3.99. The van der Waals surface area contributed by atoms with E-state index < -0.39 is 0 Å². The molecule has 13 heavy (non-hydrogen) atoms. The minimum atomic E-state index is 0.974. The molecule has 3 heteroatoms. The first-order valence-corrected chi connectivity index (χ1v) is 5.15. The Balaban J connectivity index is 0.000000671. The van der Waals surface area contributed by atoms with Crippen molar-refractivity contribution >= 4 is 22.6 Å². The molecule has 0 saturated carbocycles. The highest BCUT2D eigenvalue weighted by Crippen LogP contribution is 2.25. The summed E-state index contributed by atoms with van der Waals surface area (Å²) in [6.07, 6.45) is 3.34. The Morgan fingerprint density at radius 1 is 1.38 bits per heavy atom. The van der Waals surface area contributed by atoms with E-state index in [1.54, 1.807) is 23.6 Å².